The smallest absolute Gasteiger partial charge is 0.118 e. The van der Waals surface area contributed by atoms with Gasteiger partial charge in [0, 0.05) is 0 Å². The quantitative estimate of drug-likeness (QED) is 0.558. The van der Waals surface area contributed by atoms with E-state index in [9.17, 15) is 0 Å². The number of methoxy groups -OCH3 is 1. The van der Waals surface area contributed by atoms with Gasteiger partial charge in [-0.15, -0.1) is 0 Å². The Bertz CT molecular complexity index is 261. The summed E-state index contributed by atoms with van der Waals surface area (Å²) in [5.41, 5.74) is 0. The number of hydrogen-bond acceptors (Lipinski definition) is 4. The molecule has 0 aliphatic rings. The Morgan fingerprint density at radius 2 is 1.83 bits per heavy atom. The second-order valence-corrected chi connectivity index (χ2v) is 3.02. The molecule has 1 aromatic carbocycles. The largest absolute Gasteiger partial charge is 0.497 e. The summed E-state index contributed by atoms with van der Waals surface area (Å²) in [4.78, 5) is 0. The van der Waals surface area contributed by atoms with Gasteiger partial charge in [0.05, 0.1) is 7.11 Å². The highest BCUT2D eigenvalue weighted by molar-refractivity contribution is 8.18. The number of ether oxygens (including phenoxy) is 1. The average Bonchev–Trinajstić information content (AvgIpc) is 2.05. The van der Waals surface area contributed by atoms with Gasteiger partial charge in [0.1, 0.15) is 5.75 Å². The molecule has 12 heavy (non-hydrogen) atoms. The fraction of sp³-hybridized carbons (Fsp3) is 0.143. The second kappa shape index (κ2) is 7.02. The van der Waals surface area contributed by atoms with Crippen LogP contribution >= 0.6 is 0 Å². The number of para-hydroxylation sites is 1. The zero-order chi connectivity index (χ0) is 9.40. The van der Waals surface area contributed by atoms with Crippen molar-refractivity contribution in [1.82, 2.24) is 0 Å². The van der Waals surface area contributed by atoms with Gasteiger partial charge in [-0.25, -0.2) is 11.2 Å². The van der Waals surface area contributed by atoms with E-state index in [1.165, 1.54) is 0 Å². The van der Waals surface area contributed by atoms with Gasteiger partial charge in [0.25, 0.3) is 0 Å². The molecule has 0 saturated heterocycles. The van der Waals surface area contributed by atoms with Gasteiger partial charge in [-0.2, -0.15) is 0 Å². The minimum Gasteiger partial charge on any atom is -0.497 e. The Morgan fingerprint density at radius 3 is 2.08 bits per heavy atom. The third-order valence-corrected chi connectivity index (χ3v) is 0.979. The van der Waals surface area contributed by atoms with Crippen LogP contribution in [0.1, 0.15) is 0 Å². The standard InChI is InChI=1S/C7H8O.HO2S2/c1-8-7-5-3-2-4-6-7;1-4(2)3/h2-6H,1H3;(H,1,2,3)/q;-1. The SMILES string of the molecule is COc1ccccc1.O=[S-](O)=S. The molecule has 0 unspecified atom stereocenters. The van der Waals surface area contributed by atoms with Crippen molar-refractivity contribution in [2.24, 2.45) is 0 Å². The van der Waals surface area contributed by atoms with Crippen molar-refractivity contribution in [3.05, 3.63) is 30.3 Å². The van der Waals surface area contributed by atoms with Crippen molar-refractivity contribution in [2.45, 2.75) is 0 Å². The van der Waals surface area contributed by atoms with Crippen LogP contribution in [0.2, 0.25) is 0 Å². The highest BCUT2D eigenvalue weighted by atomic mass is 32.8. The summed E-state index contributed by atoms with van der Waals surface area (Å²) in [5, 5.41) is 0. The first-order valence-electron chi connectivity index (χ1n) is 3.04. The maximum atomic E-state index is 8.93. The molecule has 0 saturated carbocycles. The van der Waals surface area contributed by atoms with E-state index in [-0.39, 0.29) is 0 Å². The lowest BCUT2D eigenvalue weighted by atomic mass is 10.3. The van der Waals surface area contributed by atoms with Crippen LogP contribution in [0.25, 0.3) is 0 Å². The summed E-state index contributed by atoms with van der Waals surface area (Å²) in [5.74, 6) is 0.910. The molecule has 1 aromatic rings. The summed E-state index contributed by atoms with van der Waals surface area (Å²) >= 11 is 3.65. The molecule has 0 amide bonds. The second-order valence-electron chi connectivity index (χ2n) is 1.73. The maximum Gasteiger partial charge on any atom is 0.118 e. The molecule has 0 aromatic heterocycles. The molecular weight excluding hydrogens is 196 g/mol. The first-order chi connectivity index (χ1) is 5.66. The van der Waals surface area contributed by atoms with E-state index < -0.39 is 9.64 Å². The van der Waals surface area contributed by atoms with Gasteiger partial charge in [-0.05, 0) is 12.1 Å². The molecule has 5 heteroatoms. The van der Waals surface area contributed by atoms with Gasteiger partial charge in [-0.1, -0.05) is 27.8 Å². The number of benzene rings is 1. The van der Waals surface area contributed by atoms with Crippen LogP contribution in [0, 0.1) is 0 Å². The Balaban J connectivity index is 0.000000261. The van der Waals surface area contributed by atoms with Gasteiger partial charge in [0.2, 0.25) is 0 Å². The summed E-state index contributed by atoms with van der Waals surface area (Å²) in [6.45, 7) is 0. The number of rotatable bonds is 1. The van der Waals surface area contributed by atoms with E-state index in [1.807, 2.05) is 30.3 Å². The van der Waals surface area contributed by atoms with Crippen LogP contribution in [0.3, 0.4) is 0 Å². The molecule has 0 fully saturated rings. The van der Waals surface area contributed by atoms with E-state index in [2.05, 4.69) is 11.2 Å². The molecule has 0 atom stereocenters. The van der Waals surface area contributed by atoms with Crippen molar-refractivity contribution in [1.29, 1.82) is 0 Å². The Labute approximate surface area is 77.9 Å². The van der Waals surface area contributed by atoms with E-state index in [1.54, 1.807) is 7.11 Å². The Hall–Kier alpha value is -0.650. The van der Waals surface area contributed by atoms with E-state index >= 15 is 0 Å². The molecule has 68 valence electrons. The monoisotopic (exact) mass is 205 g/mol. The topological polar surface area (TPSA) is 46.5 Å². The molecular formula is C7H9O3S2-. The van der Waals surface area contributed by atoms with Crippen LogP contribution in [-0.2, 0) is 25.0 Å². The molecule has 0 bridgehead atoms. The number of hydrogen-bond donors (Lipinski definition) is 1. The van der Waals surface area contributed by atoms with Gasteiger partial charge >= 0.3 is 0 Å². The predicted octanol–water partition coefficient (Wildman–Crippen LogP) is 1.58. The van der Waals surface area contributed by atoms with Crippen LogP contribution in [0.5, 0.6) is 5.75 Å². The van der Waals surface area contributed by atoms with Gasteiger partial charge < -0.3 is 13.5 Å². The van der Waals surface area contributed by atoms with Crippen molar-refractivity contribution < 1.29 is 13.5 Å². The molecule has 3 nitrogen and oxygen atoms in total. The van der Waals surface area contributed by atoms with Crippen LogP contribution in [-0.4, -0.2) is 11.7 Å². The predicted molar refractivity (Wildman–Crippen MR) is 51.0 cm³/mol. The Kier molecular flexibility index (Phi) is 6.64. The molecule has 0 spiro atoms. The van der Waals surface area contributed by atoms with Crippen molar-refractivity contribution in [3.8, 4) is 5.75 Å². The average molecular weight is 205 g/mol. The summed E-state index contributed by atoms with van der Waals surface area (Å²) in [7, 11) is -0.366. The summed E-state index contributed by atoms with van der Waals surface area (Å²) in [6.07, 6.45) is 0. The van der Waals surface area contributed by atoms with Crippen LogP contribution < -0.4 is 4.74 Å². The van der Waals surface area contributed by atoms with Crippen LogP contribution in [0.4, 0.5) is 0 Å². The first kappa shape index (κ1) is 11.4. The zero-order valence-corrected chi connectivity index (χ0v) is 8.10. The molecule has 0 aliphatic heterocycles. The lowest BCUT2D eigenvalue weighted by molar-refractivity contribution is 0.415. The maximum absolute atomic E-state index is 8.93. The third kappa shape index (κ3) is 7.46. The molecule has 1 rings (SSSR count). The minimum atomic E-state index is -2.03. The minimum absolute atomic E-state index is 0.910. The van der Waals surface area contributed by atoms with Crippen LogP contribution in [0.15, 0.2) is 30.3 Å². The first-order valence-corrected chi connectivity index (χ1v) is 5.07. The Morgan fingerprint density at radius 1 is 1.42 bits per heavy atom. The summed E-state index contributed by atoms with van der Waals surface area (Å²) in [6, 6.07) is 9.68. The zero-order valence-electron chi connectivity index (χ0n) is 6.47. The fourth-order valence-electron chi connectivity index (χ4n) is 0.557. The van der Waals surface area contributed by atoms with E-state index in [4.69, 9.17) is 13.5 Å². The van der Waals surface area contributed by atoms with E-state index in [0.717, 1.165) is 5.75 Å². The third-order valence-electron chi connectivity index (χ3n) is 0.979. The summed E-state index contributed by atoms with van der Waals surface area (Å²) < 4.78 is 21.2. The highest BCUT2D eigenvalue weighted by Gasteiger charge is 1.80. The lowest BCUT2D eigenvalue weighted by Crippen LogP contribution is -1.78. The van der Waals surface area contributed by atoms with Crippen molar-refractivity contribution in [3.63, 3.8) is 0 Å². The molecule has 0 radical (unpaired) electrons. The normalized spacial score (nSPS) is 8.58. The fourth-order valence-corrected chi connectivity index (χ4v) is 0.557. The van der Waals surface area contributed by atoms with Gasteiger partial charge in [-0.3, -0.25) is 0 Å². The highest BCUT2D eigenvalue weighted by Crippen LogP contribution is 2.05. The van der Waals surface area contributed by atoms with E-state index in [0.29, 0.717) is 0 Å². The van der Waals surface area contributed by atoms with Crippen molar-refractivity contribution >= 4 is 20.8 Å². The van der Waals surface area contributed by atoms with Crippen molar-refractivity contribution in [2.75, 3.05) is 7.11 Å². The lowest BCUT2D eigenvalue weighted by Gasteiger charge is -1.93. The molecule has 1 N–H and O–H groups in total. The molecule has 0 aliphatic carbocycles. The van der Waals surface area contributed by atoms with Gasteiger partial charge in [0.15, 0.2) is 0 Å². The molecule has 0 heterocycles.